The van der Waals surface area contributed by atoms with Crippen molar-refractivity contribution in [3.63, 3.8) is 0 Å². The monoisotopic (exact) mass is 1090 g/mol. The molecule has 0 saturated heterocycles. The van der Waals surface area contributed by atoms with Crippen molar-refractivity contribution in [3.8, 4) is 0 Å². The summed E-state index contributed by atoms with van der Waals surface area (Å²) in [5.41, 5.74) is 0. The fourth-order valence-electron chi connectivity index (χ4n) is 10.8. The molecule has 0 bridgehead atoms. The fourth-order valence-corrected chi connectivity index (χ4v) is 10.8. The van der Waals surface area contributed by atoms with Gasteiger partial charge in [-0.3, -0.25) is 9.59 Å². The first-order valence-electron chi connectivity index (χ1n) is 34.9. The third-order valence-corrected chi connectivity index (χ3v) is 16.1. The zero-order chi connectivity index (χ0) is 56.4. The highest BCUT2D eigenvalue weighted by Gasteiger charge is 2.20. The Bertz CT molecular complexity index is 1310. The van der Waals surface area contributed by atoms with Crippen LogP contribution >= 0.6 is 0 Å². The molecule has 0 aliphatic rings. The molecule has 0 saturated carbocycles. The average Bonchev–Trinajstić information content (AvgIpc) is 3.44. The van der Waals surface area contributed by atoms with E-state index in [9.17, 15) is 19.8 Å². The van der Waals surface area contributed by atoms with E-state index in [1.54, 1.807) is 0 Å². The van der Waals surface area contributed by atoms with Crippen LogP contribution in [0.3, 0.4) is 0 Å². The van der Waals surface area contributed by atoms with Crippen LogP contribution in [0.4, 0.5) is 0 Å². The van der Waals surface area contributed by atoms with Gasteiger partial charge in [-0.25, -0.2) is 0 Å². The first kappa shape index (κ1) is 75.8. The summed E-state index contributed by atoms with van der Waals surface area (Å²) in [6.07, 6.45) is 87.2. The molecule has 0 fully saturated rings. The van der Waals surface area contributed by atoms with Crippen LogP contribution in [0.5, 0.6) is 0 Å². The molecule has 0 rings (SSSR count). The fraction of sp³-hybridized carbons (Fsp3) is 0.861. The molecule has 0 aliphatic heterocycles. The molecule has 0 aliphatic carbocycles. The number of aliphatic hydroxyl groups excluding tert-OH is 2. The van der Waals surface area contributed by atoms with Gasteiger partial charge in [0.2, 0.25) is 5.91 Å². The van der Waals surface area contributed by atoms with Crippen LogP contribution < -0.4 is 5.32 Å². The van der Waals surface area contributed by atoms with Crippen LogP contribution in [0.1, 0.15) is 373 Å². The van der Waals surface area contributed by atoms with Crippen LogP contribution in [0, 0.1) is 0 Å². The van der Waals surface area contributed by atoms with Crippen LogP contribution in [-0.2, 0) is 14.3 Å². The molecule has 0 spiro atoms. The number of rotatable bonds is 65. The summed E-state index contributed by atoms with van der Waals surface area (Å²) in [5, 5.41) is 23.4. The maximum absolute atomic E-state index is 12.6. The number of amides is 1. The second-order valence-electron chi connectivity index (χ2n) is 23.9. The minimum atomic E-state index is -0.674. The van der Waals surface area contributed by atoms with Crippen molar-refractivity contribution < 1.29 is 24.5 Å². The van der Waals surface area contributed by atoms with Gasteiger partial charge in [0.25, 0.3) is 0 Å². The van der Waals surface area contributed by atoms with E-state index in [2.05, 4.69) is 67.8 Å². The molecule has 0 aromatic rings. The Labute approximate surface area is 486 Å². The van der Waals surface area contributed by atoms with E-state index in [4.69, 9.17) is 4.74 Å². The number of nitrogens with one attached hydrogen (secondary N) is 1. The summed E-state index contributed by atoms with van der Waals surface area (Å²) < 4.78 is 5.47. The zero-order valence-corrected chi connectivity index (χ0v) is 52.4. The predicted octanol–water partition coefficient (Wildman–Crippen LogP) is 22.5. The second-order valence-corrected chi connectivity index (χ2v) is 23.9. The van der Waals surface area contributed by atoms with Gasteiger partial charge in [-0.15, -0.1) is 0 Å². The Balaban J connectivity index is 3.46. The molecule has 0 aromatic carbocycles. The first-order chi connectivity index (χ1) is 38.5. The smallest absolute Gasteiger partial charge is 0.305 e. The minimum absolute atomic E-state index is 0.0206. The van der Waals surface area contributed by atoms with Crippen molar-refractivity contribution in [2.24, 2.45) is 0 Å². The van der Waals surface area contributed by atoms with E-state index in [1.165, 1.54) is 263 Å². The van der Waals surface area contributed by atoms with Crippen molar-refractivity contribution >= 4 is 11.9 Å². The van der Waals surface area contributed by atoms with Crippen LogP contribution in [0.2, 0.25) is 0 Å². The summed E-state index contributed by atoms with van der Waals surface area (Å²) in [6, 6.07) is -0.552. The average molecular weight is 1090 g/mol. The number of carbonyl (C=O) groups is 2. The molecule has 6 heteroatoms. The van der Waals surface area contributed by atoms with E-state index in [0.29, 0.717) is 25.9 Å². The van der Waals surface area contributed by atoms with Gasteiger partial charge in [0.05, 0.1) is 25.4 Å². The SMILES string of the molecule is CCCCC/C=C\C/C=C\CCCCCCCCCC(=O)OCCCCC/C=C\C=C/CCCCCCCCCCCCC(=O)NC(CO)C(O)CCCCCCCCCCCCCCCCCCCCCCCCCCC. The second kappa shape index (κ2) is 67.3. The molecule has 0 radical (unpaired) electrons. The molecule has 458 valence electrons. The molecule has 3 N–H and O–H groups in total. The van der Waals surface area contributed by atoms with Crippen molar-refractivity contribution in [1.29, 1.82) is 0 Å². The highest BCUT2D eigenvalue weighted by atomic mass is 16.5. The Morgan fingerprint density at radius 2 is 0.679 bits per heavy atom. The number of allylic oxidation sites excluding steroid dienone is 8. The lowest BCUT2D eigenvalue weighted by atomic mass is 10.0. The summed E-state index contributed by atoms with van der Waals surface area (Å²) in [5.74, 6) is -0.0621. The molecule has 2 unspecified atom stereocenters. The third kappa shape index (κ3) is 63.0. The number of aliphatic hydroxyl groups is 2. The minimum Gasteiger partial charge on any atom is -0.466 e. The van der Waals surface area contributed by atoms with E-state index in [1.807, 2.05) is 0 Å². The number of ether oxygens (including phenoxy) is 1. The van der Waals surface area contributed by atoms with Gasteiger partial charge in [0, 0.05) is 12.8 Å². The van der Waals surface area contributed by atoms with Gasteiger partial charge < -0.3 is 20.3 Å². The maximum atomic E-state index is 12.6. The standard InChI is InChI=1S/C72H135NO5/c1-3-5-7-9-11-13-15-17-19-21-22-23-24-25-26-27-29-33-36-40-44-48-52-56-60-64-70(75)69(68-74)73-71(76)65-61-57-53-49-45-41-37-34-30-28-31-35-39-43-47-51-55-59-63-67-78-72(77)66-62-58-54-50-46-42-38-32-20-18-16-14-12-10-8-6-4-2/h12,14,18,20,35,39,43,47,69-70,74-75H,3-11,13,15-17,19,21-34,36-38,40-42,44-46,48-68H2,1-2H3,(H,73,76)/b14-12-,20-18-,39-35-,47-43-. The molecular weight excluding hydrogens is 959 g/mol. The van der Waals surface area contributed by atoms with Gasteiger partial charge in [-0.1, -0.05) is 319 Å². The van der Waals surface area contributed by atoms with Gasteiger partial charge in [-0.2, -0.15) is 0 Å². The first-order valence-corrected chi connectivity index (χ1v) is 34.9. The number of carbonyl (C=O) groups excluding carboxylic acids is 2. The quantitative estimate of drug-likeness (QED) is 0.0244. The molecular formula is C72H135NO5. The zero-order valence-electron chi connectivity index (χ0n) is 52.4. The number of hydrogen-bond donors (Lipinski definition) is 3. The van der Waals surface area contributed by atoms with E-state index < -0.39 is 12.1 Å². The Hall–Kier alpha value is -2.18. The van der Waals surface area contributed by atoms with Crippen LogP contribution in [-0.4, -0.2) is 47.4 Å². The molecule has 6 nitrogen and oxygen atoms in total. The highest BCUT2D eigenvalue weighted by molar-refractivity contribution is 5.76. The lowest BCUT2D eigenvalue weighted by molar-refractivity contribution is -0.143. The van der Waals surface area contributed by atoms with Gasteiger partial charge in [0.15, 0.2) is 0 Å². The molecule has 2 atom stereocenters. The molecule has 1 amide bonds. The predicted molar refractivity (Wildman–Crippen MR) is 342 cm³/mol. The molecule has 0 heterocycles. The summed E-state index contributed by atoms with van der Waals surface area (Å²) in [4.78, 5) is 24.6. The Morgan fingerprint density at radius 3 is 1.08 bits per heavy atom. The van der Waals surface area contributed by atoms with Crippen molar-refractivity contribution in [3.05, 3.63) is 48.6 Å². The molecule has 78 heavy (non-hydrogen) atoms. The summed E-state index contributed by atoms with van der Waals surface area (Å²) >= 11 is 0. The number of esters is 1. The van der Waals surface area contributed by atoms with Crippen LogP contribution in [0.25, 0.3) is 0 Å². The van der Waals surface area contributed by atoms with E-state index in [-0.39, 0.29) is 18.5 Å². The lowest BCUT2D eigenvalue weighted by Crippen LogP contribution is -2.45. The van der Waals surface area contributed by atoms with Crippen molar-refractivity contribution in [1.82, 2.24) is 5.32 Å². The summed E-state index contributed by atoms with van der Waals surface area (Å²) in [7, 11) is 0. The van der Waals surface area contributed by atoms with Crippen LogP contribution in [0.15, 0.2) is 48.6 Å². The Kier molecular flexibility index (Phi) is 65.4. The normalized spacial score (nSPS) is 12.8. The van der Waals surface area contributed by atoms with Crippen molar-refractivity contribution in [2.45, 2.75) is 386 Å². The van der Waals surface area contributed by atoms with Gasteiger partial charge >= 0.3 is 5.97 Å². The number of unbranched alkanes of at least 4 members (excludes halogenated alkanes) is 47. The topological polar surface area (TPSA) is 95.9 Å². The van der Waals surface area contributed by atoms with E-state index in [0.717, 1.165) is 77.0 Å². The van der Waals surface area contributed by atoms with Gasteiger partial charge in [-0.05, 0) is 89.9 Å². The lowest BCUT2D eigenvalue weighted by Gasteiger charge is -2.22. The summed E-state index contributed by atoms with van der Waals surface area (Å²) in [6.45, 7) is 4.91. The van der Waals surface area contributed by atoms with Gasteiger partial charge in [0.1, 0.15) is 0 Å². The van der Waals surface area contributed by atoms with Crippen molar-refractivity contribution in [2.75, 3.05) is 13.2 Å². The molecule has 0 aromatic heterocycles. The number of hydrogen-bond acceptors (Lipinski definition) is 5. The largest absolute Gasteiger partial charge is 0.466 e. The van der Waals surface area contributed by atoms with E-state index >= 15 is 0 Å². The maximum Gasteiger partial charge on any atom is 0.305 e. The third-order valence-electron chi connectivity index (χ3n) is 16.1. The highest BCUT2D eigenvalue weighted by Crippen LogP contribution is 2.18. The Morgan fingerprint density at radius 1 is 0.372 bits per heavy atom.